The van der Waals surface area contributed by atoms with Crippen molar-refractivity contribution >= 4 is 57.3 Å². The number of urea groups is 1. The summed E-state index contributed by atoms with van der Waals surface area (Å²) in [6.07, 6.45) is 9.86. The van der Waals surface area contributed by atoms with Crippen LogP contribution in [0, 0.1) is 5.92 Å². The van der Waals surface area contributed by atoms with E-state index in [0.717, 1.165) is 45.8 Å². The molecule has 1 aliphatic heterocycles. The molecule has 14 nitrogen and oxygen atoms in total. The number of hydrogen-bond acceptors (Lipinski definition) is 10. The topological polar surface area (TPSA) is 191 Å². The number of fused-ring (bicyclic) bond motifs is 1. The van der Waals surface area contributed by atoms with Crippen molar-refractivity contribution in [3.05, 3.63) is 78.4 Å². The summed E-state index contributed by atoms with van der Waals surface area (Å²) in [5.74, 6) is 0.0799. The van der Waals surface area contributed by atoms with E-state index in [1.807, 2.05) is 48.5 Å². The number of aromatic nitrogens is 3. The lowest BCUT2D eigenvalue weighted by Gasteiger charge is -2.34. The van der Waals surface area contributed by atoms with Crippen LogP contribution in [0.25, 0.3) is 10.2 Å². The number of benzene rings is 2. The van der Waals surface area contributed by atoms with Crippen LogP contribution in [0.15, 0.2) is 71.5 Å². The third-order valence-corrected chi connectivity index (χ3v) is 13.2. The number of ether oxygens (including phenoxy) is 1. The van der Waals surface area contributed by atoms with Gasteiger partial charge in [-0.15, -0.1) is 11.3 Å². The van der Waals surface area contributed by atoms with Crippen LogP contribution in [0.2, 0.25) is 0 Å². The molecule has 1 saturated heterocycles. The number of para-hydroxylation sites is 1. The Hall–Kier alpha value is -4.67. The molecule has 2 fully saturated rings. The Morgan fingerprint density at radius 2 is 1.62 bits per heavy atom. The third kappa shape index (κ3) is 13.9. The van der Waals surface area contributed by atoms with Crippen LogP contribution in [0.1, 0.15) is 89.8 Å². The normalized spacial score (nSPS) is 17.3. The smallest absolute Gasteiger partial charge is 0.407 e. The molecule has 0 radical (unpaired) electrons. The number of rotatable bonds is 17. The number of nitrogens with zero attached hydrogens (tertiary/aromatic N) is 3. The second kappa shape index (κ2) is 21.7. The SMILES string of the molecule is CC(C)(C)OC(=O)NC1CCN(C(=O)N[C@@H](Cc2ccccc2)C(=O)N[C@@H](Cc2cnc[nH]2)C(=O)N[C@@H](CC2CCCCC2)[C@@H](O)CCSc2nc3ccccc3s2)CC1. The van der Waals surface area contributed by atoms with Crippen LogP contribution in [0.4, 0.5) is 9.59 Å². The number of alkyl carbamates (subject to hydrolysis) is 1. The molecule has 6 rings (SSSR count). The fourth-order valence-electron chi connectivity index (χ4n) is 7.86. The maximum atomic E-state index is 14.4. The number of carbonyl (C=O) groups excluding carboxylic acids is 4. The number of thiazole rings is 1. The van der Waals surface area contributed by atoms with Gasteiger partial charge in [-0.25, -0.2) is 19.6 Å². The van der Waals surface area contributed by atoms with E-state index >= 15 is 0 Å². The van der Waals surface area contributed by atoms with Crippen molar-refractivity contribution in [2.45, 2.75) is 132 Å². The van der Waals surface area contributed by atoms with Gasteiger partial charge in [0, 0.05) is 49.6 Å². The number of aromatic amines is 1. The number of hydrogen-bond donors (Lipinski definition) is 6. The number of piperidine rings is 1. The van der Waals surface area contributed by atoms with Gasteiger partial charge in [0.25, 0.3) is 0 Å². The Morgan fingerprint density at radius 3 is 2.32 bits per heavy atom. The maximum absolute atomic E-state index is 14.4. The number of likely N-dealkylation sites (tertiary alicyclic amines) is 1. The molecule has 0 bridgehead atoms. The van der Waals surface area contributed by atoms with E-state index in [0.29, 0.717) is 56.1 Å². The van der Waals surface area contributed by atoms with Crippen LogP contribution in [-0.4, -0.2) is 104 Å². The highest BCUT2D eigenvalue weighted by molar-refractivity contribution is 8.01. The summed E-state index contributed by atoms with van der Waals surface area (Å²) >= 11 is 3.23. The van der Waals surface area contributed by atoms with Gasteiger partial charge in [0.2, 0.25) is 11.8 Å². The minimum atomic E-state index is -1.03. The minimum absolute atomic E-state index is 0.126. The first-order valence-electron chi connectivity index (χ1n) is 21.2. The number of thioether (sulfide) groups is 1. The standard InChI is InChI=1S/C44H60N8O6S2/c1-44(2,3)58-42(57)47-31-18-21-52(22-19-31)41(56)50-35(25-30-14-8-5-9-15-30)39(54)49-36(26-32-27-45-28-46-32)40(55)48-34(24-29-12-6-4-7-13-29)37(53)20-23-59-43-51-33-16-10-11-17-38(33)60-43/h5,8-11,14-17,27-29,31,34-37,53H,4,6-7,12-13,18-26H2,1-3H3,(H,45,46)(H,47,57)(H,48,55)(H,49,54)(H,50,56)/t34-,35-,36-,37-/m0/s1. The van der Waals surface area contributed by atoms with E-state index in [4.69, 9.17) is 9.72 Å². The van der Waals surface area contributed by atoms with Gasteiger partial charge in [0.1, 0.15) is 17.7 Å². The van der Waals surface area contributed by atoms with Crippen molar-refractivity contribution in [3.63, 3.8) is 0 Å². The first-order chi connectivity index (χ1) is 28.9. The van der Waals surface area contributed by atoms with Gasteiger partial charge in [-0.3, -0.25) is 9.59 Å². The Bertz CT molecular complexity index is 1940. The average molecular weight is 861 g/mol. The molecule has 0 spiro atoms. The van der Waals surface area contributed by atoms with Crippen molar-refractivity contribution in [3.8, 4) is 0 Å². The molecule has 324 valence electrons. The van der Waals surface area contributed by atoms with Crippen LogP contribution in [0.5, 0.6) is 0 Å². The first kappa shape index (κ1) is 44.9. The summed E-state index contributed by atoms with van der Waals surface area (Å²) in [5, 5.41) is 23.7. The summed E-state index contributed by atoms with van der Waals surface area (Å²) in [5.41, 5.74) is 1.83. The summed E-state index contributed by atoms with van der Waals surface area (Å²) in [6.45, 7) is 6.17. The fraction of sp³-hybridized carbons (Fsp3) is 0.545. The molecule has 5 amide bonds. The minimum Gasteiger partial charge on any atom is -0.444 e. The number of aliphatic hydroxyl groups excluding tert-OH is 1. The summed E-state index contributed by atoms with van der Waals surface area (Å²) in [4.78, 5) is 68.3. The number of imidazole rings is 1. The molecule has 2 aromatic heterocycles. The van der Waals surface area contributed by atoms with Crippen molar-refractivity contribution < 1.29 is 29.0 Å². The second-order valence-electron chi connectivity index (χ2n) is 16.9. The fourth-order valence-corrected chi connectivity index (χ4v) is 10.0. The number of nitrogens with one attached hydrogen (secondary N) is 5. The molecule has 2 aliphatic rings. The lowest BCUT2D eigenvalue weighted by Crippen LogP contribution is -2.59. The molecule has 3 heterocycles. The third-order valence-electron chi connectivity index (χ3n) is 11.0. The van der Waals surface area contributed by atoms with E-state index in [9.17, 15) is 24.3 Å². The van der Waals surface area contributed by atoms with Crippen molar-refractivity contribution in [1.29, 1.82) is 0 Å². The molecule has 1 aliphatic carbocycles. The predicted octanol–water partition coefficient (Wildman–Crippen LogP) is 6.36. The van der Waals surface area contributed by atoms with E-state index in [-0.39, 0.29) is 18.9 Å². The maximum Gasteiger partial charge on any atom is 0.407 e. The van der Waals surface area contributed by atoms with Crippen molar-refractivity contribution in [2.75, 3.05) is 18.8 Å². The number of carbonyl (C=O) groups is 4. The molecular formula is C44H60N8O6S2. The lowest BCUT2D eigenvalue weighted by atomic mass is 9.83. The lowest BCUT2D eigenvalue weighted by molar-refractivity contribution is -0.130. The number of aliphatic hydroxyl groups is 1. The average Bonchev–Trinajstić information content (AvgIpc) is 3.90. The van der Waals surface area contributed by atoms with Crippen molar-refractivity contribution in [2.24, 2.45) is 5.92 Å². The van der Waals surface area contributed by atoms with Crippen molar-refractivity contribution in [1.82, 2.24) is 41.1 Å². The Morgan fingerprint density at radius 1 is 0.917 bits per heavy atom. The summed E-state index contributed by atoms with van der Waals surface area (Å²) in [6, 6.07) is 14.3. The van der Waals surface area contributed by atoms with Gasteiger partial charge < -0.3 is 41.0 Å². The molecule has 2 aromatic carbocycles. The largest absolute Gasteiger partial charge is 0.444 e. The molecule has 0 unspecified atom stereocenters. The molecule has 16 heteroatoms. The Balaban J connectivity index is 1.12. The van der Waals surface area contributed by atoms with E-state index in [2.05, 4.69) is 37.3 Å². The summed E-state index contributed by atoms with van der Waals surface area (Å²) in [7, 11) is 0. The second-order valence-corrected chi connectivity index (χ2v) is 19.3. The van der Waals surface area contributed by atoms with Gasteiger partial charge >= 0.3 is 12.1 Å². The zero-order valence-electron chi connectivity index (χ0n) is 34.9. The molecule has 1 saturated carbocycles. The van der Waals surface area contributed by atoms with Crippen LogP contribution in [0.3, 0.4) is 0 Å². The molecule has 4 aromatic rings. The highest BCUT2D eigenvalue weighted by atomic mass is 32.2. The quantitative estimate of drug-likeness (QED) is 0.0657. The van der Waals surface area contributed by atoms with Gasteiger partial charge in [-0.05, 0) is 70.1 Å². The zero-order chi connectivity index (χ0) is 42.5. The number of amides is 5. The summed E-state index contributed by atoms with van der Waals surface area (Å²) < 4.78 is 7.46. The van der Waals surface area contributed by atoms with Gasteiger partial charge in [-0.2, -0.15) is 0 Å². The zero-order valence-corrected chi connectivity index (χ0v) is 36.5. The van der Waals surface area contributed by atoms with E-state index < -0.39 is 53.8 Å². The van der Waals surface area contributed by atoms with Crippen LogP contribution < -0.4 is 21.3 Å². The van der Waals surface area contributed by atoms with Crippen LogP contribution >= 0.6 is 23.1 Å². The predicted molar refractivity (Wildman–Crippen MR) is 235 cm³/mol. The monoisotopic (exact) mass is 860 g/mol. The molecular weight excluding hydrogens is 801 g/mol. The Kier molecular flexibility index (Phi) is 16.2. The Labute approximate surface area is 360 Å². The first-order valence-corrected chi connectivity index (χ1v) is 23.0. The highest BCUT2D eigenvalue weighted by Gasteiger charge is 2.33. The molecule has 60 heavy (non-hydrogen) atoms. The highest BCUT2D eigenvalue weighted by Crippen LogP contribution is 2.32. The van der Waals surface area contributed by atoms with Crippen LogP contribution in [-0.2, 0) is 27.2 Å². The van der Waals surface area contributed by atoms with E-state index in [1.165, 1.54) is 12.7 Å². The van der Waals surface area contributed by atoms with Gasteiger partial charge in [-0.1, -0.05) is 86.3 Å². The molecule has 4 atom stereocenters. The molecule has 6 N–H and O–H groups in total. The number of H-pyrrole nitrogens is 1. The van der Waals surface area contributed by atoms with Gasteiger partial charge in [0.15, 0.2) is 4.34 Å². The van der Waals surface area contributed by atoms with Gasteiger partial charge in [0.05, 0.1) is 28.7 Å². The van der Waals surface area contributed by atoms with E-state index in [1.54, 1.807) is 55.0 Å².